The number of thioether (sulfide) groups is 1. The second-order valence-electron chi connectivity index (χ2n) is 4.79. The minimum absolute atomic E-state index is 0.800. The van der Waals surface area contributed by atoms with Gasteiger partial charge < -0.3 is 5.32 Å². The summed E-state index contributed by atoms with van der Waals surface area (Å²) < 4.78 is 0. The van der Waals surface area contributed by atoms with Crippen LogP contribution in [0.4, 0.5) is 0 Å². The Balaban J connectivity index is 1.79. The summed E-state index contributed by atoms with van der Waals surface area (Å²) in [5.41, 5.74) is 1.55. The summed E-state index contributed by atoms with van der Waals surface area (Å²) in [6.07, 6.45) is 3.96. The number of hydrogen-bond donors (Lipinski definition) is 1. The second kappa shape index (κ2) is 5.74. The molecule has 0 saturated heterocycles. The van der Waals surface area contributed by atoms with Crippen molar-refractivity contribution in [3.05, 3.63) is 29.8 Å². The van der Waals surface area contributed by atoms with Gasteiger partial charge in [0.1, 0.15) is 0 Å². The monoisotopic (exact) mass is 235 g/mol. The van der Waals surface area contributed by atoms with E-state index in [-0.39, 0.29) is 0 Å². The van der Waals surface area contributed by atoms with Gasteiger partial charge in [-0.1, -0.05) is 25.1 Å². The van der Waals surface area contributed by atoms with Crippen LogP contribution in [0.1, 0.15) is 25.3 Å². The molecule has 1 heterocycles. The zero-order valence-corrected chi connectivity index (χ0v) is 11.0. The largest absolute Gasteiger partial charge is 0.319 e. The van der Waals surface area contributed by atoms with Crippen LogP contribution in [0, 0.1) is 5.92 Å². The maximum absolute atomic E-state index is 3.25. The van der Waals surface area contributed by atoms with Gasteiger partial charge >= 0.3 is 0 Å². The Bertz CT molecular complexity index is 312. The van der Waals surface area contributed by atoms with Gasteiger partial charge in [0.2, 0.25) is 0 Å². The zero-order chi connectivity index (χ0) is 11.4. The lowest BCUT2D eigenvalue weighted by molar-refractivity contribution is 0.482. The number of benzene rings is 1. The quantitative estimate of drug-likeness (QED) is 0.840. The fraction of sp³-hybridized carbons (Fsp3) is 0.571. The zero-order valence-electron chi connectivity index (χ0n) is 10.2. The van der Waals surface area contributed by atoms with Crippen LogP contribution in [0.3, 0.4) is 0 Å². The molecule has 1 nitrogen and oxygen atoms in total. The Morgan fingerprint density at radius 1 is 1.44 bits per heavy atom. The number of fused-ring (bicyclic) bond motifs is 1. The summed E-state index contributed by atoms with van der Waals surface area (Å²) >= 11 is 2.08. The molecule has 1 aliphatic rings. The average molecular weight is 235 g/mol. The fourth-order valence-electron chi connectivity index (χ4n) is 2.34. The summed E-state index contributed by atoms with van der Waals surface area (Å²) in [5.74, 6) is 0.800. The second-order valence-corrected chi connectivity index (χ2v) is 6.13. The summed E-state index contributed by atoms with van der Waals surface area (Å²) in [6, 6.07) is 8.85. The van der Waals surface area contributed by atoms with Crippen molar-refractivity contribution in [1.82, 2.24) is 5.32 Å². The van der Waals surface area contributed by atoms with E-state index in [2.05, 4.69) is 48.3 Å². The van der Waals surface area contributed by atoms with Gasteiger partial charge in [0.15, 0.2) is 0 Å². The van der Waals surface area contributed by atoms with Crippen molar-refractivity contribution in [2.24, 2.45) is 5.92 Å². The minimum Gasteiger partial charge on any atom is -0.319 e. The van der Waals surface area contributed by atoms with Crippen molar-refractivity contribution in [3.63, 3.8) is 0 Å². The molecule has 0 fully saturated rings. The third kappa shape index (κ3) is 3.02. The Morgan fingerprint density at radius 3 is 3.00 bits per heavy atom. The van der Waals surface area contributed by atoms with Crippen molar-refractivity contribution < 1.29 is 0 Å². The van der Waals surface area contributed by atoms with Gasteiger partial charge in [-0.3, -0.25) is 0 Å². The molecular weight excluding hydrogens is 214 g/mol. The lowest BCUT2D eigenvalue weighted by Gasteiger charge is -2.13. The molecule has 2 unspecified atom stereocenters. The first kappa shape index (κ1) is 12.0. The van der Waals surface area contributed by atoms with Crippen LogP contribution in [-0.2, 0) is 6.42 Å². The predicted molar refractivity (Wildman–Crippen MR) is 72.1 cm³/mol. The molecule has 2 rings (SSSR count). The van der Waals surface area contributed by atoms with Gasteiger partial charge in [-0.2, -0.15) is 0 Å². The third-order valence-electron chi connectivity index (χ3n) is 3.25. The maximum atomic E-state index is 3.25. The molecule has 1 N–H and O–H groups in total. The van der Waals surface area contributed by atoms with E-state index >= 15 is 0 Å². The summed E-state index contributed by atoms with van der Waals surface area (Å²) in [5, 5.41) is 4.07. The van der Waals surface area contributed by atoms with E-state index in [0.29, 0.717) is 0 Å². The van der Waals surface area contributed by atoms with Crippen molar-refractivity contribution in [2.45, 2.75) is 36.3 Å². The third-order valence-corrected chi connectivity index (χ3v) is 4.64. The van der Waals surface area contributed by atoms with Crippen molar-refractivity contribution in [2.75, 3.05) is 13.6 Å². The lowest BCUT2D eigenvalue weighted by Crippen LogP contribution is -2.17. The normalized spacial score (nSPS) is 20.8. The summed E-state index contributed by atoms with van der Waals surface area (Å²) in [4.78, 5) is 1.51. The highest BCUT2D eigenvalue weighted by Gasteiger charge is 2.21. The first-order valence-corrected chi connectivity index (χ1v) is 7.06. The van der Waals surface area contributed by atoms with Crippen LogP contribution in [-0.4, -0.2) is 18.8 Å². The molecule has 16 heavy (non-hydrogen) atoms. The SMILES string of the molecule is CNCC(C)CCC1Cc2ccccc2S1. The van der Waals surface area contributed by atoms with Crippen LogP contribution >= 0.6 is 11.8 Å². The molecule has 0 radical (unpaired) electrons. The highest BCUT2D eigenvalue weighted by atomic mass is 32.2. The Hall–Kier alpha value is -0.470. The van der Waals surface area contributed by atoms with Crippen LogP contribution in [0.15, 0.2) is 29.2 Å². The van der Waals surface area contributed by atoms with E-state index in [1.54, 1.807) is 5.56 Å². The van der Waals surface area contributed by atoms with E-state index in [1.165, 1.54) is 24.2 Å². The van der Waals surface area contributed by atoms with Crippen LogP contribution in [0.5, 0.6) is 0 Å². The van der Waals surface area contributed by atoms with Gasteiger partial charge in [-0.25, -0.2) is 0 Å². The van der Waals surface area contributed by atoms with E-state index in [1.807, 2.05) is 7.05 Å². The van der Waals surface area contributed by atoms with Gasteiger partial charge in [-0.05, 0) is 50.4 Å². The summed E-state index contributed by atoms with van der Waals surface area (Å²) in [6.45, 7) is 3.48. The van der Waals surface area contributed by atoms with Crippen LogP contribution in [0.2, 0.25) is 0 Å². The van der Waals surface area contributed by atoms with E-state index in [4.69, 9.17) is 0 Å². The van der Waals surface area contributed by atoms with Crippen molar-refractivity contribution in [1.29, 1.82) is 0 Å². The molecule has 2 atom stereocenters. The highest BCUT2D eigenvalue weighted by Crippen LogP contribution is 2.39. The molecule has 1 aromatic carbocycles. The fourth-order valence-corrected chi connectivity index (χ4v) is 3.67. The molecule has 0 aromatic heterocycles. The van der Waals surface area contributed by atoms with E-state index in [9.17, 15) is 0 Å². The lowest BCUT2D eigenvalue weighted by atomic mass is 10.0. The standard InChI is InChI=1S/C14H21NS/c1-11(10-15-2)7-8-13-9-12-5-3-4-6-14(12)16-13/h3-6,11,13,15H,7-10H2,1-2H3. The Kier molecular flexibility index (Phi) is 4.30. The molecule has 0 aliphatic carbocycles. The number of nitrogens with one attached hydrogen (secondary N) is 1. The average Bonchev–Trinajstić information content (AvgIpc) is 2.69. The smallest absolute Gasteiger partial charge is 0.0135 e. The number of hydrogen-bond acceptors (Lipinski definition) is 2. The van der Waals surface area contributed by atoms with Crippen LogP contribution in [0.25, 0.3) is 0 Å². The maximum Gasteiger partial charge on any atom is 0.0135 e. The molecule has 2 heteroatoms. The van der Waals surface area contributed by atoms with Crippen molar-refractivity contribution in [3.8, 4) is 0 Å². The molecule has 0 bridgehead atoms. The van der Waals surface area contributed by atoms with Crippen molar-refractivity contribution >= 4 is 11.8 Å². The highest BCUT2D eigenvalue weighted by molar-refractivity contribution is 8.00. The number of rotatable bonds is 5. The first-order valence-electron chi connectivity index (χ1n) is 6.18. The molecule has 1 aromatic rings. The molecular formula is C14H21NS. The van der Waals surface area contributed by atoms with Gasteiger partial charge in [-0.15, -0.1) is 11.8 Å². The topological polar surface area (TPSA) is 12.0 Å². The predicted octanol–water partition coefficient (Wildman–Crippen LogP) is 3.34. The molecule has 1 aliphatic heterocycles. The minimum atomic E-state index is 0.800. The van der Waals surface area contributed by atoms with Gasteiger partial charge in [0.25, 0.3) is 0 Å². The molecule has 88 valence electrons. The molecule has 0 spiro atoms. The first-order chi connectivity index (χ1) is 7.79. The Labute approximate surface area is 103 Å². The Morgan fingerprint density at radius 2 is 2.25 bits per heavy atom. The molecule has 0 saturated carbocycles. The van der Waals surface area contributed by atoms with E-state index < -0.39 is 0 Å². The van der Waals surface area contributed by atoms with Crippen LogP contribution < -0.4 is 5.32 Å². The van der Waals surface area contributed by atoms with Gasteiger partial charge in [0, 0.05) is 10.1 Å². The molecule has 0 amide bonds. The van der Waals surface area contributed by atoms with E-state index in [0.717, 1.165) is 17.7 Å². The van der Waals surface area contributed by atoms with Gasteiger partial charge in [0.05, 0.1) is 0 Å². The summed E-state index contributed by atoms with van der Waals surface area (Å²) in [7, 11) is 2.04.